The highest BCUT2D eigenvalue weighted by Gasteiger charge is 2.23. The van der Waals surface area contributed by atoms with E-state index in [1.54, 1.807) is 0 Å². The Bertz CT molecular complexity index is 460. The third kappa shape index (κ3) is 1.46. The van der Waals surface area contributed by atoms with Crippen LogP contribution >= 0.6 is 0 Å². The molecule has 3 rings (SSSR count). The first-order chi connectivity index (χ1) is 7.33. The van der Waals surface area contributed by atoms with Gasteiger partial charge >= 0.3 is 0 Å². The van der Waals surface area contributed by atoms with Crippen molar-refractivity contribution in [1.29, 1.82) is 0 Å². The monoisotopic (exact) mass is 198 g/mol. The van der Waals surface area contributed by atoms with E-state index in [2.05, 4.69) is 35.4 Å². The van der Waals surface area contributed by atoms with Gasteiger partial charge in [0.05, 0.1) is 12.0 Å². The summed E-state index contributed by atoms with van der Waals surface area (Å²) in [6.07, 6.45) is 6.31. The highest BCUT2D eigenvalue weighted by atomic mass is 15.0. The zero-order valence-corrected chi connectivity index (χ0v) is 8.85. The van der Waals surface area contributed by atoms with Crippen molar-refractivity contribution in [2.24, 2.45) is 7.05 Å². The molecule has 2 nitrogen and oxygen atoms in total. The van der Waals surface area contributed by atoms with Crippen molar-refractivity contribution >= 4 is 0 Å². The maximum Gasteiger partial charge on any atom is 0.0946 e. The van der Waals surface area contributed by atoms with E-state index in [9.17, 15) is 0 Å². The number of fused-ring (bicyclic) bond motifs is 1. The summed E-state index contributed by atoms with van der Waals surface area (Å²) in [6.45, 7) is 0. The molecule has 0 bridgehead atoms. The highest BCUT2D eigenvalue weighted by molar-refractivity contribution is 5.35. The molecule has 76 valence electrons. The minimum atomic E-state index is 0.587. The van der Waals surface area contributed by atoms with Gasteiger partial charge in [0.1, 0.15) is 0 Å². The molecule has 1 aromatic heterocycles. The lowest BCUT2D eigenvalue weighted by molar-refractivity contribution is 0.718. The number of imidazole rings is 1. The third-order valence-corrected chi connectivity index (χ3v) is 3.19. The normalized spacial score (nSPS) is 15.5. The largest absolute Gasteiger partial charge is 0.340 e. The Morgan fingerprint density at radius 3 is 2.40 bits per heavy atom. The van der Waals surface area contributed by atoms with Crippen molar-refractivity contribution in [3.63, 3.8) is 0 Å². The van der Waals surface area contributed by atoms with Crippen molar-refractivity contribution < 1.29 is 0 Å². The van der Waals surface area contributed by atoms with Gasteiger partial charge in [0.2, 0.25) is 0 Å². The van der Waals surface area contributed by atoms with E-state index in [0.29, 0.717) is 5.92 Å². The van der Waals surface area contributed by atoms with Gasteiger partial charge in [0.15, 0.2) is 0 Å². The Hall–Kier alpha value is -1.57. The molecular weight excluding hydrogens is 184 g/mol. The van der Waals surface area contributed by atoms with Gasteiger partial charge in [-0.3, -0.25) is 0 Å². The average molecular weight is 198 g/mol. The molecule has 2 heteroatoms. The molecule has 0 saturated carbocycles. The second-order valence-corrected chi connectivity index (χ2v) is 4.34. The summed E-state index contributed by atoms with van der Waals surface area (Å²) in [4.78, 5) is 4.44. The summed E-state index contributed by atoms with van der Waals surface area (Å²) < 4.78 is 2.03. The number of hydrogen-bond acceptors (Lipinski definition) is 1. The Morgan fingerprint density at radius 2 is 1.87 bits per heavy atom. The molecule has 0 saturated heterocycles. The van der Waals surface area contributed by atoms with E-state index < -0.39 is 0 Å². The molecular formula is C13H14N2. The van der Waals surface area contributed by atoms with Crippen LogP contribution in [-0.2, 0) is 19.9 Å². The lowest BCUT2D eigenvalue weighted by atomic mass is 10.0. The highest BCUT2D eigenvalue weighted by Crippen LogP contribution is 2.32. The topological polar surface area (TPSA) is 17.8 Å². The number of aryl methyl sites for hydroxylation is 1. The first-order valence-electron chi connectivity index (χ1n) is 5.37. The van der Waals surface area contributed by atoms with E-state index in [1.807, 2.05) is 17.9 Å². The fourth-order valence-corrected chi connectivity index (χ4v) is 2.41. The van der Waals surface area contributed by atoms with E-state index >= 15 is 0 Å². The van der Waals surface area contributed by atoms with Crippen LogP contribution in [0.25, 0.3) is 0 Å². The van der Waals surface area contributed by atoms with E-state index in [-0.39, 0.29) is 0 Å². The second kappa shape index (κ2) is 3.23. The van der Waals surface area contributed by atoms with Crippen molar-refractivity contribution in [1.82, 2.24) is 9.55 Å². The summed E-state index contributed by atoms with van der Waals surface area (Å²) >= 11 is 0. The number of rotatable bonds is 1. The van der Waals surface area contributed by atoms with E-state index in [4.69, 9.17) is 0 Å². The van der Waals surface area contributed by atoms with Crippen molar-refractivity contribution in [2.45, 2.75) is 18.8 Å². The van der Waals surface area contributed by atoms with Crippen LogP contribution in [0.1, 0.15) is 22.7 Å². The molecule has 1 aromatic carbocycles. The van der Waals surface area contributed by atoms with Gasteiger partial charge in [0.25, 0.3) is 0 Å². The van der Waals surface area contributed by atoms with Gasteiger partial charge in [-0.25, -0.2) is 4.98 Å². The van der Waals surface area contributed by atoms with Crippen LogP contribution in [0.3, 0.4) is 0 Å². The Labute approximate surface area is 89.6 Å². The number of benzene rings is 1. The number of hydrogen-bond donors (Lipinski definition) is 0. The molecule has 0 radical (unpaired) electrons. The van der Waals surface area contributed by atoms with Gasteiger partial charge in [-0.1, -0.05) is 24.3 Å². The molecule has 0 atom stereocenters. The summed E-state index contributed by atoms with van der Waals surface area (Å²) in [6, 6.07) is 8.72. The van der Waals surface area contributed by atoms with E-state index in [0.717, 1.165) is 12.8 Å². The van der Waals surface area contributed by atoms with Gasteiger partial charge in [0, 0.05) is 19.2 Å². The van der Waals surface area contributed by atoms with Gasteiger partial charge < -0.3 is 4.57 Å². The zero-order chi connectivity index (χ0) is 10.3. The van der Waals surface area contributed by atoms with Crippen molar-refractivity contribution in [3.05, 3.63) is 53.6 Å². The standard InChI is InChI=1S/C13H14N2/c1-15-8-13(14-9-15)12-6-10-4-2-3-5-11(10)7-12/h2-5,8-9,12H,6-7H2,1H3. The third-order valence-electron chi connectivity index (χ3n) is 3.19. The summed E-state index contributed by atoms with van der Waals surface area (Å²) in [5.74, 6) is 0.587. The summed E-state index contributed by atoms with van der Waals surface area (Å²) in [5.41, 5.74) is 4.22. The molecule has 0 fully saturated rings. The van der Waals surface area contributed by atoms with Crippen LogP contribution in [0, 0.1) is 0 Å². The predicted molar refractivity (Wildman–Crippen MR) is 59.8 cm³/mol. The van der Waals surface area contributed by atoms with Gasteiger partial charge in [-0.05, 0) is 24.0 Å². The van der Waals surface area contributed by atoms with Crippen molar-refractivity contribution in [3.8, 4) is 0 Å². The number of nitrogens with zero attached hydrogens (tertiary/aromatic N) is 2. The quantitative estimate of drug-likeness (QED) is 0.687. The molecule has 15 heavy (non-hydrogen) atoms. The Kier molecular flexibility index (Phi) is 1.88. The lowest BCUT2D eigenvalue weighted by Gasteiger charge is -2.03. The van der Waals surface area contributed by atoms with Gasteiger partial charge in [-0.2, -0.15) is 0 Å². The molecule has 2 aromatic rings. The number of aromatic nitrogens is 2. The van der Waals surface area contributed by atoms with Gasteiger partial charge in [-0.15, -0.1) is 0 Å². The fourth-order valence-electron chi connectivity index (χ4n) is 2.41. The van der Waals surface area contributed by atoms with Crippen LogP contribution in [0.4, 0.5) is 0 Å². The van der Waals surface area contributed by atoms with Crippen molar-refractivity contribution in [2.75, 3.05) is 0 Å². The molecule has 0 aliphatic heterocycles. The molecule has 0 unspecified atom stereocenters. The molecule has 1 aliphatic carbocycles. The maximum atomic E-state index is 4.44. The van der Waals surface area contributed by atoms with Crippen LogP contribution in [0.15, 0.2) is 36.8 Å². The van der Waals surface area contributed by atoms with Crippen LogP contribution in [-0.4, -0.2) is 9.55 Å². The molecule has 0 amide bonds. The first kappa shape index (κ1) is 8.72. The average Bonchev–Trinajstić information content (AvgIpc) is 2.82. The smallest absolute Gasteiger partial charge is 0.0946 e. The predicted octanol–water partition coefficient (Wildman–Crippen LogP) is 2.30. The first-order valence-corrected chi connectivity index (χ1v) is 5.37. The minimum absolute atomic E-state index is 0.587. The zero-order valence-electron chi connectivity index (χ0n) is 8.85. The summed E-state index contributed by atoms with van der Waals surface area (Å²) in [7, 11) is 2.03. The van der Waals surface area contributed by atoms with E-state index in [1.165, 1.54) is 16.8 Å². The minimum Gasteiger partial charge on any atom is -0.340 e. The molecule has 1 aliphatic rings. The lowest BCUT2D eigenvalue weighted by Crippen LogP contribution is -1.97. The van der Waals surface area contributed by atoms with Crippen LogP contribution < -0.4 is 0 Å². The molecule has 0 N–H and O–H groups in total. The van der Waals surface area contributed by atoms with Crippen LogP contribution in [0.2, 0.25) is 0 Å². The van der Waals surface area contributed by atoms with Crippen LogP contribution in [0.5, 0.6) is 0 Å². The SMILES string of the molecule is Cn1cnc(C2Cc3ccccc3C2)c1. The fraction of sp³-hybridized carbons (Fsp3) is 0.308. The Morgan fingerprint density at radius 1 is 1.20 bits per heavy atom. The molecule has 1 heterocycles. The molecule has 0 spiro atoms. The maximum absolute atomic E-state index is 4.44. The Balaban J connectivity index is 1.90. The summed E-state index contributed by atoms with van der Waals surface area (Å²) in [5, 5.41) is 0. The second-order valence-electron chi connectivity index (χ2n) is 4.34.